The Morgan fingerprint density at radius 1 is 1.03 bits per heavy atom. The number of rotatable bonds is 8. The molecule has 0 atom stereocenters. The van der Waals surface area contributed by atoms with Crippen LogP contribution in [0, 0.1) is 0 Å². The number of aromatic amines is 1. The molecule has 3 N–H and O–H groups in total. The Morgan fingerprint density at radius 2 is 1.71 bits per heavy atom. The van der Waals surface area contributed by atoms with Crippen LogP contribution in [0.2, 0.25) is 0 Å². The highest BCUT2D eigenvalue weighted by Gasteiger charge is 2.18. The quantitative estimate of drug-likeness (QED) is 0.509. The Bertz CT molecular complexity index is 1130. The summed E-state index contributed by atoms with van der Waals surface area (Å²) >= 11 is 0. The second-order valence-corrected chi connectivity index (χ2v) is 6.69. The number of methoxy groups -OCH3 is 3. The minimum Gasteiger partial charge on any atom is -0.495 e. The number of aliphatic hydroxyl groups excluding tert-OH is 1. The lowest BCUT2D eigenvalue weighted by atomic mass is 10.1. The number of aliphatic hydroxyl groups is 1. The van der Waals surface area contributed by atoms with Crippen LogP contribution in [0.5, 0.6) is 17.2 Å². The summed E-state index contributed by atoms with van der Waals surface area (Å²) in [5, 5.41) is 12.9. The fourth-order valence-electron chi connectivity index (χ4n) is 3.22. The zero-order valence-electron chi connectivity index (χ0n) is 17.6. The van der Waals surface area contributed by atoms with Crippen molar-refractivity contribution in [2.75, 3.05) is 39.8 Å². The van der Waals surface area contributed by atoms with Gasteiger partial charge in [-0.05, 0) is 24.3 Å². The van der Waals surface area contributed by atoms with Crippen LogP contribution in [0.4, 0.5) is 10.5 Å². The number of pyridine rings is 1. The number of para-hydroxylation sites is 2. The van der Waals surface area contributed by atoms with Gasteiger partial charge in [-0.2, -0.15) is 0 Å². The second kappa shape index (κ2) is 9.86. The molecule has 3 rings (SSSR count). The molecule has 0 saturated carbocycles. The molecule has 0 radical (unpaired) electrons. The maximum atomic E-state index is 12.8. The summed E-state index contributed by atoms with van der Waals surface area (Å²) in [6, 6.07) is 11.6. The van der Waals surface area contributed by atoms with Crippen LogP contribution in [-0.2, 0) is 6.54 Å². The summed E-state index contributed by atoms with van der Waals surface area (Å²) in [6.45, 7) is -0.207. The molecule has 0 unspecified atom stereocenters. The molecule has 9 nitrogen and oxygen atoms in total. The molecule has 2 amide bonds. The van der Waals surface area contributed by atoms with Gasteiger partial charge in [0.05, 0.1) is 45.7 Å². The second-order valence-electron chi connectivity index (χ2n) is 6.69. The molecule has 0 saturated heterocycles. The SMILES string of the molecule is COc1ccccc1NC(=O)N(CCO)Cc1cc2cc(OC)c(OC)cc2[nH]c1=O. The van der Waals surface area contributed by atoms with E-state index in [0.717, 1.165) is 5.39 Å². The number of fused-ring (bicyclic) bond motifs is 1. The first-order chi connectivity index (χ1) is 15.0. The summed E-state index contributed by atoms with van der Waals surface area (Å²) in [5.41, 5.74) is 1.09. The fraction of sp³-hybridized carbons (Fsp3) is 0.273. The fourth-order valence-corrected chi connectivity index (χ4v) is 3.22. The largest absolute Gasteiger partial charge is 0.495 e. The number of nitrogens with one attached hydrogen (secondary N) is 2. The van der Waals surface area contributed by atoms with Crippen molar-refractivity contribution in [1.82, 2.24) is 9.88 Å². The van der Waals surface area contributed by atoms with Crippen molar-refractivity contribution in [1.29, 1.82) is 0 Å². The van der Waals surface area contributed by atoms with Crippen LogP contribution in [-0.4, -0.2) is 55.5 Å². The van der Waals surface area contributed by atoms with Gasteiger partial charge < -0.3 is 34.5 Å². The molecular weight excluding hydrogens is 402 g/mol. The number of carbonyl (C=O) groups excluding carboxylic acids is 1. The van der Waals surface area contributed by atoms with Crippen molar-refractivity contribution in [2.45, 2.75) is 6.54 Å². The summed E-state index contributed by atoms with van der Waals surface area (Å²) < 4.78 is 15.8. The normalized spacial score (nSPS) is 10.6. The van der Waals surface area contributed by atoms with Gasteiger partial charge in [-0.25, -0.2) is 4.79 Å². The molecule has 164 valence electrons. The van der Waals surface area contributed by atoms with Crippen molar-refractivity contribution in [3.8, 4) is 17.2 Å². The van der Waals surface area contributed by atoms with Crippen LogP contribution in [0.25, 0.3) is 10.9 Å². The molecule has 2 aromatic carbocycles. The van der Waals surface area contributed by atoms with E-state index in [1.54, 1.807) is 42.5 Å². The molecular formula is C22H25N3O6. The predicted octanol–water partition coefficient (Wildman–Crippen LogP) is 2.58. The minimum absolute atomic E-state index is 0.00115. The van der Waals surface area contributed by atoms with Gasteiger partial charge in [-0.3, -0.25) is 4.79 Å². The van der Waals surface area contributed by atoms with E-state index in [9.17, 15) is 14.7 Å². The Labute approximate surface area is 179 Å². The summed E-state index contributed by atoms with van der Waals surface area (Å²) in [5.74, 6) is 1.52. The number of H-pyrrole nitrogens is 1. The van der Waals surface area contributed by atoms with Crippen LogP contribution in [0.3, 0.4) is 0 Å². The average Bonchev–Trinajstić information content (AvgIpc) is 2.78. The molecule has 31 heavy (non-hydrogen) atoms. The highest BCUT2D eigenvalue weighted by Crippen LogP contribution is 2.31. The van der Waals surface area contributed by atoms with E-state index in [0.29, 0.717) is 34.0 Å². The van der Waals surface area contributed by atoms with Crippen LogP contribution in [0.15, 0.2) is 47.3 Å². The Hall–Kier alpha value is -3.72. The summed E-state index contributed by atoms with van der Waals surface area (Å²) in [6.07, 6.45) is 0. The van der Waals surface area contributed by atoms with E-state index in [1.807, 2.05) is 0 Å². The Morgan fingerprint density at radius 3 is 2.39 bits per heavy atom. The maximum absolute atomic E-state index is 12.8. The smallest absolute Gasteiger partial charge is 0.322 e. The molecule has 9 heteroatoms. The zero-order chi connectivity index (χ0) is 22.4. The number of amides is 2. The van der Waals surface area contributed by atoms with Crippen molar-refractivity contribution in [2.24, 2.45) is 0 Å². The molecule has 0 fully saturated rings. The lowest BCUT2D eigenvalue weighted by Gasteiger charge is -2.23. The standard InChI is InChI=1S/C22H25N3O6/c1-29-18-7-5-4-6-16(18)24-22(28)25(8-9-26)13-15-10-14-11-19(30-2)20(31-3)12-17(14)23-21(15)27/h4-7,10-12,26H,8-9,13H2,1-3H3,(H,23,27)(H,24,28). The van der Waals surface area contributed by atoms with Crippen molar-refractivity contribution in [3.05, 3.63) is 58.4 Å². The molecule has 1 heterocycles. The van der Waals surface area contributed by atoms with Gasteiger partial charge in [0.2, 0.25) is 0 Å². The van der Waals surface area contributed by atoms with Crippen LogP contribution >= 0.6 is 0 Å². The number of aromatic nitrogens is 1. The van der Waals surface area contributed by atoms with Gasteiger partial charge in [-0.15, -0.1) is 0 Å². The molecule has 3 aromatic rings. The Kier molecular flexibility index (Phi) is 6.99. The van der Waals surface area contributed by atoms with Gasteiger partial charge in [-0.1, -0.05) is 12.1 Å². The van der Waals surface area contributed by atoms with E-state index in [-0.39, 0.29) is 25.3 Å². The first-order valence-corrected chi connectivity index (χ1v) is 9.58. The van der Waals surface area contributed by atoms with Crippen molar-refractivity contribution >= 4 is 22.6 Å². The number of nitrogens with zero attached hydrogens (tertiary/aromatic N) is 1. The van der Waals surface area contributed by atoms with Gasteiger partial charge in [0, 0.05) is 23.6 Å². The van der Waals surface area contributed by atoms with Crippen LogP contribution in [0.1, 0.15) is 5.56 Å². The van der Waals surface area contributed by atoms with Crippen molar-refractivity contribution in [3.63, 3.8) is 0 Å². The molecule has 0 aliphatic carbocycles. The molecule has 1 aromatic heterocycles. The first-order valence-electron chi connectivity index (χ1n) is 9.58. The Balaban J connectivity index is 1.90. The van der Waals surface area contributed by atoms with E-state index in [4.69, 9.17) is 14.2 Å². The maximum Gasteiger partial charge on any atom is 0.322 e. The van der Waals surface area contributed by atoms with E-state index in [1.165, 1.54) is 26.2 Å². The summed E-state index contributed by atoms with van der Waals surface area (Å²) in [4.78, 5) is 29.6. The van der Waals surface area contributed by atoms with Gasteiger partial charge in [0.1, 0.15) is 5.75 Å². The molecule has 0 spiro atoms. The highest BCUT2D eigenvalue weighted by molar-refractivity contribution is 5.91. The van der Waals surface area contributed by atoms with E-state index < -0.39 is 6.03 Å². The third kappa shape index (κ3) is 4.89. The number of urea groups is 1. The van der Waals surface area contributed by atoms with E-state index in [2.05, 4.69) is 10.3 Å². The monoisotopic (exact) mass is 427 g/mol. The predicted molar refractivity (Wildman–Crippen MR) is 117 cm³/mol. The number of carbonyl (C=O) groups is 1. The topological polar surface area (TPSA) is 113 Å². The molecule has 0 aliphatic heterocycles. The van der Waals surface area contributed by atoms with Gasteiger partial charge in [0.15, 0.2) is 11.5 Å². The molecule has 0 aliphatic rings. The number of hydrogen-bond acceptors (Lipinski definition) is 6. The zero-order valence-corrected chi connectivity index (χ0v) is 17.6. The van der Waals surface area contributed by atoms with Gasteiger partial charge in [0.25, 0.3) is 5.56 Å². The summed E-state index contributed by atoms with van der Waals surface area (Å²) in [7, 11) is 4.55. The third-order valence-corrected chi connectivity index (χ3v) is 4.79. The number of anilines is 1. The first kappa shape index (κ1) is 22.0. The lowest BCUT2D eigenvalue weighted by Crippen LogP contribution is -2.38. The third-order valence-electron chi connectivity index (χ3n) is 4.79. The van der Waals surface area contributed by atoms with Crippen molar-refractivity contribution < 1.29 is 24.1 Å². The average molecular weight is 427 g/mol. The lowest BCUT2D eigenvalue weighted by molar-refractivity contribution is 0.185. The highest BCUT2D eigenvalue weighted by atomic mass is 16.5. The van der Waals surface area contributed by atoms with Crippen LogP contribution < -0.4 is 25.1 Å². The molecule has 0 bridgehead atoms. The number of ether oxygens (including phenoxy) is 3. The number of benzene rings is 2. The number of hydrogen-bond donors (Lipinski definition) is 3. The van der Waals surface area contributed by atoms with E-state index >= 15 is 0 Å². The minimum atomic E-state index is -0.467. The van der Waals surface area contributed by atoms with Gasteiger partial charge >= 0.3 is 6.03 Å².